The van der Waals surface area contributed by atoms with Crippen LogP contribution in [0.4, 0.5) is 4.39 Å². The predicted octanol–water partition coefficient (Wildman–Crippen LogP) is 1.87. The zero-order valence-corrected chi connectivity index (χ0v) is 11.9. The summed E-state index contributed by atoms with van der Waals surface area (Å²) >= 11 is 0. The first-order chi connectivity index (χ1) is 8.37. The molecule has 0 fully saturated rings. The Morgan fingerprint density at radius 3 is 2.47 bits per heavy atom. The van der Waals surface area contributed by atoms with Crippen LogP contribution in [0.5, 0.6) is 5.75 Å². The number of rotatable bonds is 6. The molecule has 0 aliphatic carbocycles. The molecule has 0 atom stereocenters. The van der Waals surface area contributed by atoms with E-state index in [4.69, 9.17) is 10.5 Å². The number of carbonyl (C=O) groups excluding carboxylic acids is 1. The van der Waals surface area contributed by atoms with Gasteiger partial charge < -0.3 is 15.8 Å². The summed E-state index contributed by atoms with van der Waals surface area (Å²) in [6, 6.07) is 5.67. The number of amides is 1. The van der Waals surface area contributed by atoms with Crippen LogP contribution in [-0.2, 0) is 4.79 Å². The minimum Gasteiger partial charge on any atom is -0.493 e. The van der Waals surface area contributed by atoms with Gasteiger partial charge in [0.05, 0.1) is 13.0 Å². The standard InChI is InChI=1S/C13H19FN2O2.ClH/c1-13(2,15)9-16-12(17)7-8-18-11-5-3-10(14)4-6-11;/h3-6H,7-9,15H2,1-2H3,(H,16,17);1H. The molecule has 0 saturated carbocycles. The number of hydrogen-bond acceptors (Lipinski definition) is 3. The lowest BCUT2D eigenvalue weighted by Gasteiger charge is -2.18. The van der Waals surface area contributed by atoms with Crippen molar-refractivity contribution in [3.63, 3.8) is 0 Å². The van der Waals surface area contributed by atoms with E-state index in [0.29, 0.717) is 12.3 Å². The summed E-state index contributed by atoms with van der Waals surface area (Å²) in [5, 5.41) is 2.71. The van der Waals surface area contributed by atoms with Crippen molar-refractivity contribution < 1.29 is 13.9 Å². The molecule has 0 aliphatic heterocycles. The largest absolute Gasteiger partial charge is 0.493 e. The molecular formula is C13H20ClFN2O2. The number of carbonyl (C=O) groups is 1. The normalized spacial score (nSPS) is 10.5. The fraction of sp³-hybridized carbons (Fsp3) is 0.462. The average molecular weight is 291 g/mol. The zero-order chi connectivity index (χ0) is 13.6. The molecule has 0 heterocycles. The van der Waals surface area contributed by atoms with Crippen molar-refractivity contribution in [2.75, 3.05) is 13.2 Å². The highest BCUT2D eigenvalue weighted by Crippen LogP contribution is 2.11. The van der Waals surface area contributed by atoms with Gasteiger partial charge in [-0.15, -0.1) is 12.4 Å². The Morgan fingerprint density at radius 1 is 1.37 bits per heavy atom. The fourth-order valence-corrected chi connectivity index (χ4v) is 1.21. The first-order valence-electron chi connectivity index (χ1n) is 5.81. The summed E-state index contributed by atoms with van der Waals surface area (Å²) in [6.45, 7) is 4.34. The SMILES string of the molecule is CC(C)(N)CNC(=O)CCOc1ccc(F)cc1.Cl. The van der Waals surface area contributed by atoms with Crippen molar-refractivity contribution in [1.29, 1.82) is 0 Å². The zero-order valence-electron chi connectivity index (χ0n) is 11.1. The lowest BCUT2D eigenvalue weighted by molar-refractivity contribution is -0.121. The maximum absolute atomic E-state index is 12.6. The Bertz CT molecular complexity index is 391. The summed E-state index contributed by atoms with van der Waals surface area (Å²) in [5.41, 5.74) is 5.31. The maximum Gasteiger partial charge on any atom is 0.223 e. The van der Waals surface area contributed by atoms with Gasteiger partial charge in [-0.3, -0.25) is 4.79 Å². The molecule has 1 aromatic rings. The lowest BCUT2D eigenvalue weighted by atomic mass is 10.1. The lowest BCUT2D eigenvalue weighted by Crippen LogP contribution is -2.45. The third-order valence-corrected chi connectivity index (χ3v) is 2.15. The van der Waals surface area contributed by atoms with E-state index in [9.17, 15) is 9.18 Å². The van der Waals surface area contributed by atoms with Gasteiger partial charge in [0, 0.05) is 12.1 Å². The Labute approximate surface area is 118 Å². The van der Waals surface area contributed by atoms with Crippen molar-refractivity contribution in [3.05, 3.63) is 30.1 Å². The van der Waals surface area contributed by atoms with Gasteiger partial charge in [0.25, 0.3) is 0 Å². The second-order valence-corrected chi connectivity index (χ2v) is 4.82. The van der Waals surface area contributed by atoms with Crippen LogP contribution in [-0.4, -0.2) is 24.6 Å². The first kappa shape index (κ1) is 17.7. The molecule has 0 bridgehead atoms. The van der Waals surface area contributed by atoms with Crippen LogP contribution in [0.1, 0.15) is 20.3 Å². The van der Waals surface area contributed by atoms with E-state index < -0.39 is 5.54 Å². The van der Waals surface area contributed by atoms with Crippen molar-refractivity contribution in [1.82, 2.24) is 5.32 Å². The Hall–Kier alpha value is -1.33. The van der Waals surface area contributed by atoms with Crippen LogP contribution >= 0.6 is 12.4 Å². The van der Waals surface area contributed by atoms with Crippen molar-refractivity contribution >= 4 is 18.3 Å². The maximum atomic E-state index is 12.6. The van der Waals surface area contributed by atoms with E-state index in [1.54, 1.807) is 0 Å². The summed E-state index contributed by atoms with van der Waals surface area (Å²) in [6.07, 6.45) is 0.244. The highest BCUT2D eigenvalue weighted by atomic mass is 35.5. The minimum absolute atomic E-state index is 0. The van der Waals surface area contributed by atoms with Crippen molar-refractivity contribution in [2.45, 2.75) is 25.8 Å². The van der Waals surface area contributed by atoms with E-state index in [2.05, 4.69) is 5.32 Å². The molecular weight excluding hydrogens is 271 g/mol. The number of benzene rings is 1. The number of nitrogens with one attached hydrogen (secondary N) is 1. The summed E-state index contributed by atoms with van der Waals surface area (Å²) < 4.78 is 17.9. The Kier molecular flexibility index (Phi) is 7.41. The molecule has 3 N–H and O–H groups in total. The van der Waals surface area contributed by atoms with Gasteiger partial charge in [-0.05, 0) is 38.1 Å². The molecule has 1 rings (SSSR count). The molecule has 1 aromatic carbocycles. The van der Waals surface area contributed by atoms with Crippen LogP contribution in [0.3, 0.4) is 0 Å². The van der Waals surface area contributed by atoms with E-state index in [0.717, 1.165) is 0 Å². The predicted molar refractivity (Wildman–Crippen MR) is 75.0 cm³/mol. The Balaban J connectivity index is 0.00000324. The van der Waals surface area contributed by atoms with Gasteiger partial charge in [0.2, 0.25) is 5.91 Å². The smallest absolute Gasteiger partial charge is 0.223 e. The summed E-state index contributed by atoms with van der Waals surface area (Å²) in [4.78, 5) is 11.4. The average Bonchev–Trinajstić information content (AvgIpc) is 2.28. The molecule has 4 nitrogen and oxygen atoms in total. The third-order valence-electron chi connectivity index (χ3n) is 2.15. The summed E-state index contributed by atoms with van der Waals surface area (Å²) in [7, 11) is 0. The highest BCUT2D eigenvalue weighted by Gasteiger charge is 2.11. The van der Waals surface area contributed by atoms with Gasteiger partial charge in [-0.1, -0.05) is 0 Å². The number of ether oxygens (including phenoxy) is 1. The van der Waals surface area contributed by atoms with Crippen LogP contribution in [0.25, 0.3) is 0 Å². The number of halogens is 2. The van der Waals surface area contributed by atoms with E-state index in [1.807, 2.05) is 13.8 Å². The fourth-order valence-electron chi connectivity index (χ4n) is 1.21. The molecule has 0 radical (unpaired) electrons. The van der Waals surface area contributed by atoms with Crippen LogP contribution in [0, 0.1) is 5.82 Å². The van der Waals surface area contributed by atoms with Crippen LogP contribution in [0.2, 0.25) is 0 Å². The van der Waals surface area contributed by atoms with Crippen LogP contribution < -0.4 is 15.8 Å². The molecule has 0 aromatic heterocycles. The van der Waals surface area contributed by atoms with E-state index >= 15 is 0 Å². The van der Waals surface area contributed by atoms with Gasteiger partial charge in [0.1, 0.15) is 11.6 Å². The molecule has 6 heteroatoms. The summed E-state index contributed by atoms with van der Waals surface area (Å²) in [5.74, 6) is 0.115. The third kappa shape index (κ3) is 8.40. The molecule has 108 valence electrons. The molecule has 1 amide bonds. The highest BCUT2D eigenvalue weighted by molar-refractivity contribution is 5.85. The van der Waals surface area contributed by atoms with Gasteiger partial charge >= 0.3 is 0 Å². The molecule has 19 heavy (non-hydrogen) atoms. The monoisotopic (exact) mass is 290 g/mol. The van der Waals surface area contributed by atoms with Gasteiger partial charge in [-0.25, -0.2) is 4.39 Å². The van der Waals surface area contributed by atoms with Crippen molar-refractivity contribution in [3.8, 4) is 5.75 Å². The quantitative estimate of drug-likeness (QED) is 0.841. The number of nitrogens with two attached hydrogens (primary N) is 1. The minimum atomic E-state index is -0.423. The molecule has 0 aliphatic rings. The number of hydrogen-bond donors (Lipinski definition) is 2. The van der Waals surface area contributed by atoms with Gasteiger partial charge in [-0.2, -0.15) is 0 Å². The van der Waals surface area contributed by atoms with Crippen molar-refractivity contribution in [2.24, 2.45) is 5.73 Å². The molecule has 0 spiro atoms. The first-order valence-corrected chi connectivity index (χ1v) is 5.81. The molecule has 0 unspecified atom stereocenters. The molecule has 0 saturated heterocycles. The van der Waals surface area contributed by atoms with E-state index in [1.165, 1.54) is 24.3 Å². The second-order valence-electron chi connectivity index (χ2n) is 4.82. The van der Waals surface area contributed by atoms with E-state index in [-0.39, 0.29) is 37.2 Å². The van der Waals surface area contributed by atoms with Gasteiger partial charge in [0.15, 0.2) is 0 Å². The van der Waals surface area contributed by atoms with Crippen LogP contribution in [0.15, 0.2) is 24.3 Å². The topological polar surface area (TPSA) is 64.3 Å². The Morgan fingerprint density at radius 2 is 1.95 bits per heavy atom. The second kappa shape index (κ2) is 7.96.